The number of anilines is 2. The summed E-state index contributed by atoms with van der Waals surface area (Å²) in [6.45, 7) is 4.65. The SMILES string of the molecule is CCOC(OCC)C(=O)Cc1ccccc1.Nc1ncc(-c2ccccc2)nc1-c1ccncc1.O=C1C(Cc2ccccc2)Nc2c(-c3ccncc3)nc(-c3ccccc3)c[n+]21. The van der Waals surface area contributed by atoms with Crippen molar-refractivity contribution in [1.29, 1.82) is 0 Å². The predicted molar refractivity (Wildman–Crippen MR) is 249 cm³/mol. The van der Waals surface area contributed by atoms with Gasteiger partial charge in [-0.2, -0.15) is 4.57 Å². The van der Waals surface area contributed by atoms with E-state index in [0.717, 1.165) is 56.3 Å². The molecule has 0 spiro atoms. The zero-order chi connectivity index (χ0) is 44.5. The number of nitrogens with zero attached hydrogens (tertiary/aromatic N) is 6. The minimum absolute atomic E-state index is 0.0266. The van der Waals surface area contributed by atoms with Crippen LogP contribution in [-0.2, 0) is 27.1 Å². The molecular weight excluding hydrogens is 801 g/mol. The highest BCUT2D eigenvalue weighted by Gasteiger charge is 2.41. The first kappa shape index (κ1) is 44.3. The third-order valence-electron chi connectivity index (χ3n) is 10.0. The van der Waals surface area contributed by atoms with E-state index in [2.05, 4.69) is 25.3 Å². The molecular formula is C52H49N8O4+. The molecule has 12 heteroatoms. The van der Waals surface area contributed by atoms with Crippen LogP contribution in [0.25, 0.3) is 45.0 Å². The average molecular weight is 850 g/mol. The van der Waals surface area contributed by atoms with Crippen molar-refractivity contribution in [3.63, 3.8) is 0 Å². The minimum atomic E-state index is -0.727. The van der Waals surface area contributed by atoms with Crippen molar-refractivity contribution >= 4 is 23.3 Å². The molecule has 0 amide bonds. The molecule has 0 radical (unpaired) electrons. The lowest BCUT2D eigenvalue weighted by Gasteiger charge is -2.15. The Bertz CT molecular complexity index is 2710. The molecule has 8 aromatic rings. The molecule has 1 aliphatic heterocycles. The number of rotatable bonds is 13. The summed E-state index contributed by atoms with van der Waals surface area (Å²) < 4.78 is 12.2. The summed E-state index contributed by atoms with van der Waals surface area (Å²) in [5, 5.41) is 3.41. The molecule has 0 saturated carbocycles. The lowest BCUT2D eigenvalue weighted by Crippen LogP contribution is -2.43. The molecule has 5 heterocycles. The Morgan fingerprint density at radius 1 is 0.641 bits per heavy atom. The number of aromatic nitrogens is 6. The van der Waals surface area contributed by atoms with E-state index < -0.39 is 6.29 Å². The van der Waals surface area contributed by atoms with Crippen LogP contribution in [0.4, 0.5) is 11.6 Å². The number of pyridine rings is 2. The molecule has 3 N–H and O–H groups in total. The zero-order valence-electron chi connectivity index (χ0n) is 35.7. The van der Waals surface area contributed by atoms with Gasteiger partial charge in [0.2, 0.25) is 6.29 Å². The zero-order valence-corrected chi connectivity index (χ0v) is 35.7. The van der Waals surface area contributed by atoms with Gasteiger partial charge in [0.25, 0.3) is 0 Å². The molecule has 0 bridgehead atoms. The van der Waals surface area contributed by atoms with E-state index >= 15 is 0 Å². The number of ketones is 1. The van der Waals surface area contributed by atoms with Crippen molar-refractivity contribution in [2.75, 3.05) is 24.3 Å². The molecule has 1 unspecified atom stereocenters. The topological polar surface area (TPSA) is 159 Å². The standard InChI is InChI=1S/C24H18N4O.C15H12N4.C13H18O3/c29-24-20(15-17-7-3-1-4-8-17)27-23-22(19-11-13-25-14-12-19)26-21(16-28(23)24)18-9-5-2-6-10-18;16-15-14(12-6-8-17-9-7-12)19-13(10-18-15)11-4-2-1-3-5-11;1-3-15-13(16-4-2)12(14)10-11-8-6-5-7-9-11/h1-14,16,20H,15H2;1-10H,(H2,16,18);5-9,13H,3-4,10H2,1-2H3/p+1. The number of carbonyl (C=O) groups excluding carboxylic acids is 2. The van der Waals surface area contributed by atoms with Gasteiger partial charge < -0.3 is 15.2 Å². The van der Waals surface area contributed by atoms with Gasteiger partial charge in [0.15, 0.2) is 17.5 Å². The Hall–Kier alpha value is -7.80. The molecule has 4 aromatic heterocycles. The van der Waals surface area contributed by atoms with Crippen molar-refractivity contribution < 1.29 is 23.6 Å². The summed E-state index contributed by atoms with van der Waals surface area (Å²) in [6, 6.07) is 46.7. The van der Waals surface area contributed by atoms with Crippen LogP contribution in [0.1, 0.15) is 29.8 Å². The first-order chi connectivity index (χ1) is 31.4. The largest absolute Gasteiger partial charge is 0.382 e. The summed E-state index contributed by atoms with van der Waals surface area (Å²) in [4.78, 5) is 46.9. The van der Waals surface area contributed by atoms with E-state index in [1.54, 1.807) is 35.6 Å². The highest BCUT2D eigenvalue weighted by molar-refractivity contribution is 5.87. The van der Waals surface area contributed by atoms with Crippen molar-refractivity contribution in [3.8, 4) is 45.0 Å². The van der Waals surface area contributed by atoms with E-state index in [1.807, 2.05) is 166 Å². The maximum Gasteiger partial charge on any atom is 0.359 e. The molecule has 320 valence electrons. The number of nitrogens with one attached hydrogen (secondary N) is 1. The van der Waals surface area contributed by atoms with Gasteiger partial charge in [-0.1, -0.05) is 121 Å². The van der Waals surface area contributed by atoms with Crippen LogP contribution in [0.2, 0.25) is 0 Å². The van der Waals surface area contributed by atoms with Crippen molar-refractivity contribution in [2.24, 2.45) is 0 Å². The summed E-state index contributed by atoms with van der Waals surface area (Å²) >= 11 is 0. The lowest BCUT2D eigenvalue weighted by molar-refractivity contribution is -0.551. The van der Waals surface area contributed by atoms with Gasteiger partial charge in [-0.25, -0.2) is 19.7 Å². The molecule has 4 aromatic carbocycles. The number of nitrogen functional groups attached to an aromatic ring is 1. The van der Waals surface area contributed by atoms with Crippen LogP contribution in [0, 0.1) is 0 Å². The van der Waals surface area contributed by atoms with Crippen molar-refractivity contribution in [1.82, 2.24) is 24.9 Å². The minimum Gasteiger partial charge on any atom is -0.382 e. The van der Waals surface area contributed by atoms with Crippen LogP contribution in [0.15, 0.2) is 183 Å². The maximum atomic E-state index is 13.2. The normalized spacial score (nSPS) is 12.5. The number of hydrogen-bond donors (Lipinski definition) is 2. The van der Waals surface area contributed by atoms with Gasteiger partial charge in [-0.15, -0.1) is 0 Å². The number of carbonyl (C=O) groups is 2. The van der Waals surface area contributed by atoms with Crippen molar-refractivity contribution in [3.05, 3.63) is 194 Å². The smallest absolute Gasteiger partial charge is 0.359 e. The highest BCUT2D eigenvalue weighted by Crippen LogP contribution is 2.30. The average Bonchev–Trinajstić information content (AvgIpc) is 3.67. The van der Waals surface area contributed by atoms with Crippen LogP contribution in [0.3, 0.4) is 0 Å². The van der Waals surface area contributed by atoms with Gasteiger partial charge in [-0.05, 0) is 49.2 Å². The summed E-state index contributed by atoms with van der Waals surface area (Å²) in [7, 11) is 0. The molecule has 1 atom stereocenters. The van der Waals surface area contributed by atoms with Gasteiger partial charge in [0.05, 0.1) is 11.9 Å². The molecule has 9 rings (SSSR count). The van der Waals surface area contributed by atoms with E-state index in [4.69, 9.17) is 20.2 Å². The number of Topliss-reactive ketones (excluding diaryl/α,β-unsaturated/α-hetero) is 1. The molecule has 12 nitrogen and oxygen atoms in total. The summed E-state index contributed by atoms with van der Waals surface area (Å²) in [5.74, 6) is 1.14. The number of nitrogens with two attached hydrogens (primary N) is 1. The fourth-order valence-electron chi connectivity index (χ4n) is 6.94. The summed E-state index contributed by atoms with van der Waals surface area (Å²) in [5.41, 5.74) is 14.8. The second kappa shape index (κ2) is 22.3. The van der Waals surface area contributed by atoms with Gasteiger partial charge in [0.1, 0.15) is 23.4 Å². The highest BCUT2D eigenvalue weighted by atomic mass is 16.7. The van der Waals surface area contributed by atoms with Gasteiger partial charge in [0, 0.05) is 73.1 Å². The fraction of sp³-hybridized carbons (Fsp3) is 0.154. The monoisotopic (exact) mass is 849 g/mol. The van der Waals surface area contributed by atoms with Crippen LogP contribution in [-0.4, -0.2) is 62.2 Å². The number of fused-ring (bicyclic) bond motifs is 1. The van der Waals surface area contributed by atoms with E-state index in [-0.39, 0.29) is 17.7 Å². The fourth-order valence-corrected chi connectivity index (χ4v) is 6.94. The molecule has 64 heavy (non-hydrogen) atoms. The van der Waals surface area contributed by atoms with Gasteiger partial charge >= 0.3 is 11.7 Å². The predicted octanol–water partition coefficient (Wildman–Crippen LogP) is 8.76. The third kappa shape index (κ3) is 11.6. The number of benzene rings is 4. The van der Waals surface area contributed by atoms with E-state index in [0.29, 0.717) is 37.6 Å². The first-order valence-electron chi connectivity index (χ1n) is 21.1. The lowest BCUT2D eigenvalue weighted by atomic mass is 10.1. The number of ether oxygens (including phenoxy) is 2. The van der Waals surface area contributed by atoms with E-state index in [1.165, 1.54) is 0 Å². The first-order valence-corrected chi connectivity index (χ1v) is 21.1. The summed E-state index contributed by atoms with van der Waals surface area (Å²) in [6.07, 6.45) is 10.7. The second-order valence-electron chi connectivity index (χ2n) is 14.5. The number of hydrogen-bond acceptors (Lipinski definition) is 11. The van der Waals surface area contributed by atoms with Crippen LogP contribution >= 0.6 is 0 Å². The van der Waals surface area contributed by atoms with Crippen molar-refractivity contribution in [2.45, 2.75) is 39.0 Å². The van der Waals surface area contributed by atoms with Crippen LogP contribution < -0.4 is 15.6 Å². The Morgan fingerprint density at radius 2 is 1.12 bits per heavy atom. The second-order valence-corrected chi connectivity index (χ2v) is 14.5. The quantitative estimate of drug-likeness (QED) is 0.0844. The molecule has 0 aliphatic carbocycles. The van der Waals surface area contributed by atoms with E-state index in [9.17, 15) is 9.59 Å². The third-order valence-corrected chi connectivity index (χ3v) is 10.0. The maximum absolute atomic E-state index is 13.2. The van der Waals surface area contributed by atoms with Gasteiger partial charge in [-0.3, -0.25) is 20.1 Å². The molecule has 1 aliphatic rings. The molecule has 0 saturated heterocycles. The Labute approximate surface area is 372 Å². The Balaban J connectivity index is 0.000000152. The Morgan fingerprint density at radius 3 is 1.67 bits per heavy atom. The molecule has 0 fully saturated rings. The van der Waals surface area contributed by atoms with Crippen LogP contribution in [0.5, 0.6) is 0 Å². The Kier molecular flexibility index (Phi) is 15.4.